The predicted octanol–water partition coefficient (Wildman–Crippen LogP) is 4.87. The molecule has 12 nitrogen and oxygen atoms in total. The number of nitrogens with two attached hydrogens (primary N) is 1. The number of nitrogens with one attached hydrogen (secondary N) is 3. The number of carbonyl (C=O) groups is 5. The lowest BCUT2D eigenvalue weighted by Gasteiger charge is -2.23. The Morgan fingerprint density at radius 1 is 0.857 bits per heavy atom. The van der Waals surface area contributed by atoms with Crippen LogP contribution in [0.3, 0.4) is 0 Å². The predicted molar refractivity (Wildman–Crippen MR) is 187 cm³/mol. The summed E-state index contributed by atoms with van der Waals surface area (Å²) in [4.78, 5) is 63.2. The maximum Gasteiger partial charge on any atom is 0.407 e. The van der Waals surface area contributed by atoms with E-state index in [0.717, 1.165) is 37.7 Å². The molecule has 0 bridgehead atoms. The maximum atomic E-state index is 13.2. The van der Waals surface area contributed by atoms with Crippen LogP contribution in [0.2, 0.25) is 5.02 Å². The van der Waals surface area contributed by atoms with Crippen molar-refractivity contribution in [2.24, 2.45) is 5.73 Å². The number of amides is 3. The van der Waals surface area contributed by atoms with E-state index in [4.69, 9.17) is 31.5 Å². The molecule has 0 saturated heterocycles. The first kappa shape index (κ1) is 41.3. The van der Waals surface area contributed by atoms with Gasteiger partial charge in [0.1, 0.15) is 31.4 Å². The molecule has 3 amide bonds. The zero-order valence-electron chi connectivity index (χ0n) is 27.8. The van der Waals surface area contributed by atoms with Crippen molar-refractivity contribution in [1.82, 2.24) is 16.0 Å². The number of alkyl carbamates (subject to hydrolysis) is 1. The van der Waals surface area contributed by atoms with Crippen LogP contribution in [-0.4, -0.2) is 60.6 Å². The van der Waals surface area contributed by atoms with Crippen LogP contribution in [-0.2, 0) is 46.6 Å². The third-order valence-corrected chi connectivity index (χ3v) is 8.29. The molecule has 0 aliphatic heterocycles. The Morgan fingerprint density at radius 2 is 1.55 bits per heavy atom. The summed E-state index contributed by atoms with van der Waals surface area (Å²) in [7, 11) is 0. The van der Waals surface area contributed by atoms with Gasteiger partial charge in [0.05, 0.1) is 6.04 Å². The standard InChI is InChI=1S/C35H47ClN4O8.ClH/c1-24(34(44)46-22-25-12-4-2-5-13-25)39-33(43)30(18-10-11-21-38-35(45)47-23-26-14-8-9-17-28(26)36)40-32(42)29(37)19-20-31(41)48-27-15-6-3-7-16-27;/h2,4-5,8-9,12-14,17,24,27,29-30H,3,6-7,10-11,15-16,18-23,37H2,1H3,(H,38,45)(H,39,43)(H,40,42);1H/t24-,29-,30-;/m0./s1. The summed E-state index contributed by atoms with van der Waals surface area (Å²) in [6.45, 7) is 1.82. The lowest BCUT2D eigenvalue weighted by molar-refractivity contribution is -0.150. The lowest BCUT2D eigenvalue weighted by atomic mass is 9.98. The largest absolute Gasteiger partial charge is 0.462 e. The minimum absolute atomic E-state index is 0. The molecule has 1 aliphatic carbocycles. The number of rotatable bonds is 18. The van der Waals surface area contributed by atoms with Crippen LogP contribution in [0.5, 0.6) is 0 Å². The van der Waals surface area contributed by atoms with Gasteiger partial charge < -0.3 is 35.9 Å². The van der Waals surface area contributed by atoms with Crippen molar-refractivity contribution < 1.29 is 38.2 Å². The Hall–Kier alpha value is -3.87. The summed E-state index contributed by atoms with van der Waals surface area (Å²) in [6.07, 6.45) is 5.27. The molecule has 2 aromatic carbocycles. The van der Waals surface area contributed by atoms with E-state index >= 15 is 0 Å². The SMILES string of the molecule is C[C@H](NC(=O)[C@H](CCCCNC(=O)OCc1ccccc1Cl)NC(=O)[C@@H](N)CCC(=O)OC1CCCCC1)C(=O)OCc1ccccc1.Cl. The highest BCUT2D eigenvalue weighted by Gasteiger charge is 2.27. The summed E-state index contributed by atoms with van der Waals surface area (Å²) in [5.74, 6) is -2.24. The highest BCUT2D eigenvalue weighted by molar-refractivity contribution is 6.31. The molecule has 0 unspecified atom stereocenters. The minimum atomic E-state index is -1.05. The van der Waals surface area contributed by atoms with Gasteiger partial charge in [-0.15, -0.1) is 12.4 Å². The van der Waals surface area contributed by atoms with E-state index in [0.29, 0.717) is 23.4 Å². The molecule has 1 fully saturated rings. The molecule has 1 saturated carbocycles. The van der Waals surface area contributed by atoms with E-state index in [1.165, 1.54) is 6.92 Å². The molecule has 0 radical (unpaired) electrons. The average molecular weight is 724 g/mol. The van der Waals surface area contributed by atoms with Gasteiger partial charge in [0.15, 0.2) is 0 Å². The third-order valence-electron chi connectivity index (χ3n) is 7.92. The molecule has 2 aromatic rings. The second-order valence-electron chi connectivity index (χ2n) is 11.9. The zero-order chi connectivity index (χ0) is 34.7. The number of carbonyl (C=O) groups excluding carboxylic acids is 5. The maximum absolute atomic E-state index is 13.2. The van der Waals surface area contributed by atoms with E-state index in [-0.39, 0.29) is 57.5 Å². The molecule has 49 heavy (non-hydrogen) atoms. The van der Waals surface area contributed by atoms with Crippen molar-refractivity contribution in [1.29, 1.82) is 0 Å². The van der Waals surface area contributed by atoms with Gasteiger partial charge in [-0.1, -0.05) is 66.6 Å². The van der Waals surface area contributed by atoms with Crippen molar-refractivity contribution in [2.45, 2.75) is 109 Å². The van der Waals surface area contributed by atoms with Crippen molar-refractivity contribution in [3.63, 3.8) is 0 Å². The molecule has 0 aromatic heterocycles. The first-order valence-electron chi connectivity index (χ1n) is 16.5. The number of halogens is 2. The molecule has 1 aliphatic rings. The van der Waals surface area contributed by atoms with Crippen molar-refractivity contribution in [3.05, 3.63) is 70.7 Å². The number of benzene rings is 2. The molecule has 0 heterocycles. The first-order valence-corrected chi connectivity index (χ1v) is 16.9. The van der Waals surface area contributed by atoms with Crippen molar-refractivity contribution in [3.8, 4) is 0 Å². The fraction of sp³-hybridized carbons (Fsp3) is 0.514. The Kier molecular flexibility index (Phi) is 19.1. The summed E-state index contributed by atoms with van der Waals surface area (Å²) in [5, 5.41) is 8.41. The second-order valence-corrected chi connectivity index (χ2v) is 12.3. The van der Waals surface area contributed by atoms with Gasteiger partial charge in [0, 0.05) is 23.6 Å². The fourth-order valence-electron chi connectivity index (χ4n) is 5.08. The number of hydrogen-bond acceptors (Lipinski definition) is 9. The summed E-state index contributed by atoms with van der Waals surface area (Å²) in [5.41, 5.74) is 7.56. The topological polar surface area (TPSA) is 175 Å². The monoisotopic (exact) mass is 722 g/mol. The quantitative estimate of drug-likeness (QED) is 0.0950. The average Bonchev–Trinajstić information content (AvgIpc) is 3.09. The van der Waals surface area contributed by atoms with E-state index in [1.807, 2.05) is 30.3 Å². The third kappa shape index (κ3) is 15.9. The van der Waals surface area contributed by atoms with Crippen LogP contribution >= 0.6 is 24.0 Å². The molecule has 0 spiro atoms. The van der Waals surface area contributed by atoms with Crippen molar-refractivity contribution in [2.75, 3.05) is 6.54 Å². The Labute approximate surface area is 298 Å². The molecular formula is C35H48Cl2N4O8. The fourth-order valence-corrected chi connectivity index (χ4v) is 5.27. The van der Waals surface area contributed by atoms with E-state index < -0.39 is 48.0 Å². The van der Waals surface area contributed by atoms with E-state index in [2.05, 4.69) is 16.0 Å². The van der Waals surface area contributed by atoms with Gasteiger partial charge in [-0.2, -0.15) is 0 Å². The number of hydrogen-bond donors (Lipinski definition) is 4. The Morgan fingerprint density at radius 3 is 2.27 bits per heavy atom. The van der Waals surface area contributed by atoms with Crippen LogP contribution in [0.15, 0.2) is 54.6 Å². The first-order chi connectivity index (χ1) is 23.1. The zero-order valence-corrected chi connectivity index (χ0v) is 29.4. The Balaban J connectivity index is 0.00000833. The molecule has 14 heteroatoms. The highest BCUT2D eigenvalue weighted by atomic mass is 35.5. The molecule has 270 valence electrons. The van der Waals surface area contributed by atoms with Gasteiger partial charge in [-0.05, 0) is 69.9 Å². The number of unbranched alkanes of at least 4 members (excludes halogenated alkanes) is 1. The highest BCUT2D eigenvalue weighted by Crippen LogP contribution is 2.21. The Bertz CT molecular complexity index is 1340. The molecule has 3 atom stereocenters. The minimum Gasteiger partial charge on any atom is -0.462 e. The summed E-state index contributed by atoms with van der Waals surface area (Å²) < 4.78 is 16.0. The lowest BCUT2D eigenvalue weighted by Crippen LogP contribution is -2.54. The van der Waals surface area contributed by atoms with E-state index in [1.54, 1.807) is 24.3 Å². The van der Waals surface area contributed by atoms with Gasteiger partial charge in [-0.25, -0.2) is 9.59 Å². The van der Waals surface area contributed by atoms with Gasteiger partial charge in [-0.3, -0.25) is 14.4 Å². The smallest absolute Gasteiger partial charge is 0.407 e. The van der Waals surface area contributed by atoms with Crippen LogP contribution in [0, 0.1) is 0 Å². The van der Waals surface area contributed by atoms with Crippen LogP contribution in [0.4, 0.5) is 4.79 Å². The van der Waals surface area contributed by atoms with Crippen LogP contribution in [0.1, 0.15) is 82.3 Å². The summed E-state index contributed by atoms with van der Waals surface area (Å²) >= 11 is 6.09. The number of esters is 2. The second kappa shape index (κ2) is 22.7. The molecule has 5 N–H and O–H groups in total. The number of ether oxygens (including phenoxy) is 3. The van der Waals surface area contributed by atoms with E-state index in [9.17, 15) is 24.0 Å². The van der Waals surface area contributed by atoms with Crippen LogP contribution in [0.25, 0.3) is 0 Å². The van der Waals surface area contributed by atoms with Gasteiger partial charge in [0.2, 0.25) is 11.8 Å². The van der Waals surface area contributed by atoms with Gasteiger partial charge in [0.25, 0.3) is 0 Å². The molecule has 3 rings (SSSR count). The normalized spacial score (nSPS) is 14.6. The van der Waals surface area contributed by atoms with Gasteiger partial charge >= 0.3 is 18.0 Å². The van der Waals surface area contributed by atoms with Crippen LogP contribution < -0.4 is 21.7 Å². The van der Waals surface area contributed by atoms with Crippen molar-refractivity contribution >= 4 is 53.9 Å². The summed E-state index contributed by atoms with van der Waals surface area (Å²) in [6, 6.07) is 13.1. The molecular weight excluding hydrogens is 675 g/mol.